The van der Waals surface area contributed by atoms with Gasteiger partial charge in [0.05, 0.1) is 18.6 Å². The highest BCUT2D eigenvalue weighted by Crippen LogP contribution is 2.30. The van der Waals surface area contributed by atoms with E-state index in [1.54, 1.807) is 6.07 Å². The molecule has 2 atom stereocenters. The number of nitrogens with one attached hydrogen (secondary N) is 1. The Kier molecular flexibility index (Phi) is 4.88. The van der Waals surface area contributed by atoms with Crippen molar-refractivity contribution in [2.75, 3.05) is 13.7 Å². The van der Waals surface area contributed by atoms with E-state index in [4.69, 9.17) is 4.74 Å². The van der Waals surface area contributed by atoms with Crippen molar-refractivity contribution in [2.24, 2.45) is 5.92 Å². The molecule has 0 spiro atoms. The molecule has 0 aromatic heterocycles. The number of alkyl halides is 3. The molecule has 1 fully saturated rings. The number of hydrogen-bond acceptors (Lipinski definition) is 3. The summed E-state index contributed by atoms with van der Waals surface area (Å²) >= 11 is 0. The molecule has 1 aliphatic heterocycles. The predicted molar refractivity (Wildman–Crippen MR) is 71.7 cm³/mol. The van der Waals surface area contributed by atoms with Gasteiger partial charge in [0.25, 0.3) is 0 Å². The molecule has 0 bridgehead atoms. The first-order valence-corrected chi connectivity index (χ1v) is 6.87. The second kappa shape index (κ2) is 6.47. The third-order valence-electron chi connectivity index (χ3n) is 3.77. The highest BCUT2D eigenvalue weighted by Gasteiger charge is 2.31. The van der Waals surface area contributed by atoms with Gasteiger partial charge in [0, 0.05) is 6.04 Å². The fourth-order valence-electron chi connectivity index (χ4n) is 2.70. The van der Waals surface area contributed by atoms with E-state index in [2.05, 4.69) is 5.32 Å². The average Bonchev–Trinajstić information content (AvgIpc) is 2.46. The quantitative estimate of drug-likeness (QED) is 0.873. The van der Waals surface area contributed by atoms with E-state index in [9.17, 15) is 18.0 Å². The Labute approximate surface area is 121 Å². The highest BCUT2D eigenvalue weighted by molar-refractivity contribution is 5.72. The van der Waals surface area contributed by atoms with E-state index < -0.39 is 11.7 Å². The second-order valence-corrected chi connectivity index (χ2v) is 5.30. The number of methoxy groups -OCH3 is 1. The SMILES string of the molecule is COC(=O)C1CCNC(Cc2cccc(C(F)(F)F)c2)C1. The van der Waals surface area contributed by atoms with E-state index in [1.165, 1.54) is 19.2 Å². The lowest BCUT2D eigenvalue weighted by atomic mass is 9.89. The normalized spacial score (nSPS) is 22.9. The predicted octanol–water partition coefficient (Wildman–Crippen LogP) is 2.79. The third-order valence-corrected chi connectivity index (χ3v) is 3.77. The van der Waals surface area contributed by atoms with Crippen LogP contribution in [0.1, 0.15) is 24.0 Å². The van der Waals surface area contributed by atoms with Crippen LogP contribution in [0.15, 0.2) is 24.3 Å². The largest absolute Gasteiger partial charge is 0.469 e. The van der Waals surface area contributed by atoms with E-state index in [1.807, 2.05) is 0 Å². The molecule has 116 valence electrons. The maximum absolute atomic E-state index is 12.7. The van der Waals surface area contributed by atoms with Crippen molar-refractivity contribution in [1.29, 1.82) is 0 Å². The van der Waals surface area contributed by atoms with Crippen LogP contribution in [0.4, 0.5) is 13.2 Å². The molecule has 21 heavy (non-hydrogen) atoms. The molecule has 3 nitrogen and oxygen atoms in total. The maximum atomic E-state index is 12.7. The first kappa shape index (κ1) is 15.8. The van der Waals surface area contributed by atoms with Crippen molar-refractivity contribution >= 4 is 5.97 Å². The third kappa shape index (κ3) is 4.20. The van der Waals surface area contributed by atoms with Crippen LogP contribution in [-0.4, -0.2) is 25.7 Å². The van der Waals surface area contributed by atoms with Gasteiger partial charge in [0.15, 0.2) is 0 Å². The van der Waals surface area contributed by atoms with Crippen LogP contribution >= 0.6 is 0 Å². The van der Waals surface area contributed by atoms with Crippen molar-refractivity contribution in [3.63, 3.8) is 0 Å². The number of carbonyl (C=O) groups is 1. The smallest absolute Gasteiger partial charge is 0.416 e. The van der Waals surface area contributed by atoms with Crippen molar-refractivity contribution in [2.45, 2.75) is 31.5 Å². The number of esters is 1. The minimum Gasteiger partial charge on any atom is -0.469 e. The Morgan fingerprint density at radius 3 is 2.86 bits per heavy atom. The van der Waals surface area contributed by atoms with E-state index in [-0.39, 0.29) is 17.9 Å². The van der Waals surface area contributed by atoms with Crippen LogP contribution in [0, 0.1) is 5.92 Å². The molecule has 1 aromatic carbocycles. The van der Waals surface area contributed by atoms with Crippen molar-refractivity contribution in [3.05, 3.63) is 35.4 Å². The van der Waals surface area contributed by atoms with Gasteiger partial charge in [-0.05, 0) is 37.4 Å². The van der Waals surface area contributed by atoms with Gasteiger partial charge in [0.2, 0.25) is 0 Å². The number of carbonyl (C=O) groups excluding carboxylic acids is 1. The topological polar surface area (TPSA) is 38.3 Å². The van der Waals surface area contributed by atoms with Crippen LogP contribution in [0.25, 0.3) is 0 Å². The molecule has 1 aromatic rings. The van der Waals surface area contributed by atoms with Crippen molar-refractivity contribution in [1.82, 2.24) is 5.32 Å². The molecule has 0 radical (unpaired) electrons. The lowest BCUT2D eigenvalue weighted by Crippen LogP contribution is -2.42. The summed E-state index contributed by atoms with van der Waals surface area (Å²) in [6, 6.07) is 5.32. The Balaban J connectivity index is 2.03. The summed E-state index contributed by atoms with van der Waals surface area (Å²) in [5.41, 5.74) is -0.0202. The summed E-state index contributed by atoms with van der Waals surface area (Å²) in [7, 11) is 1.35. The van der Waals surface area contributed by atoms with Gasteiger partial charge in [-0.3, -0.25) is 4.79 Å². The first-order valence-electron chi connectivity index (χ1n) is 6.87. The lowest BCUT2D eigenvalue weighted by molar-refractivity contribution is -0.146. The molecule has 1 aliphatic rings. The van der Waals surface area contributed by atoms with Gasteiger partial charge in [-0.1, -0.05) is 18.2 Å². The van der Waals surface area contributed by atoms with Gasteiger partial charge < -0.3 is 10.1 Å². The van der Waals surface area contributed by atoms with Crippen LogP contribution < -0.4 is 5.32 Å². The Bertz CT molecular complexity index is 502. The van der Waals surface area contributed by atoms with Gasteiger partial charge >= 0.3 is 12.1 Å². The zero-order chi connectivity index (χ0) is 15.5. The van der Waals surface area contributed by atoms with Gasteiger partial charge in [-0.15, -0.1) is 0 Å². The molecule has 0 aliphatic carbocycles. The minimum atomic E-state index is -4.33. The summed E-state index contributed by atoms with van der Waals surface area (Å²) in [5.74, 6) is -0.419. The average molecular weight is 301 g/mol. The summed E-state index contributed by atoms with van der Waals surface area (Å²) in [6.07, 6.45) is -2.57. The van der Waals surface area contributed by atoms with Crippen LogP contribution in [0.5, 0.6) is 0 Å². The molecular formula is C15H18F3NO2. The Morgan fingerprint density at radius 2 is 2.19 bits per heavy atom. The molecule has 2 rings (SSSR count). The number of benzene rings is 1. The standard InChI is InChI=1S/C15H18F3NO2/c1-21-14(20)11-5-6-19-13(9-11)8-10-3-2-4-12(7-10)15(16,17)18/h2-4,7,11,13,19H,5-6,8-9H2,1H3. The first-order chi connectivity index (χ1) is 9.90. The van der Waals surface area contributed by atoms with E-state index in [0.29, 0.717) is 31.4 Å². The number of ether oxygens (including phenoxy) is 1. The monoisotopic (exact) mass is 301 g/mol. The van der Waals surface area contributed by atoms with Gasteiger partial charge in [-0.25, -0.2) is 0 Å². The molecule has 0 saturated carbocycles. The number of piperidine rings is 1. The van der Waals surface area contributed by atoms with E-state index >= 15 is 0 Å². The van der Waals surface area contributed by atoms with Crippen LogP contribution in [-0.2, 0) is 22.1 Å². The molecule has 6 heteroatoms. The fourth-order valence-corrected chi connectivity index (χ4v) is 2.70. The van der Waals surface area contributed by atoms with E-state index in [0.717, 1.165) is 6.07 Å². The molecule has 1 heterocycles. The van der Waals surface area contributed by atoms with Crippen LogP contribution in [0.3, 0.4) is 0 Å². The molecule has 1 saturated heterocycles. The Morgan fingerprint density at radius 1 is 1.43 bits per heavy atom. The molecular weight excluding hydrogens is 283 g/mol. The number of halogens is 3. The van der Waals surface area contributed by atoms with Crippen molar-refractivity contribution < 1.29 is 22.7 Å². The summed E-state index contributed by atoms with van der Waals surface area (Å²) < 4.78 is 42.8. The minimum absolute atomic E-state index is 0.00802. The lowest BCUT2D eigenvalue weighted by Gasteiger charge is -2.29. The van der Waals surface area contributed by atoms with Crippen molar-refractivity contribution in [3.8, 4) is 0 Å². The van der Waals surface area contributed by atoms with Crippen LogP contribution in [0.2, 0.25) is 0 Å². The maximum Gasteiger partial charge on any atom is 0.416 e. The van der Waals surface area contributed by atoms with Gasteiger partial charge in [-0.2, -0.15) is 13.2 Å². The molecule has 1 N–H and O–H groups in total. The molecule has 2 unspecified atom stereocenters. The number of rotatable bonds is 3. The highest BCUT2D eigenvalue weighted by atomic mass is 19.4. The Hall–Kier alpha value is -1.56. The second-order valence-electron chi connectivity index (χ2n) is 5.30. The summed E-state index contributed by atoms with van der Waals surface area (Å²) in [6.45, 7) is 0.670. The summed E-state index contributed by atoms with van der Waals surface area (Å²) in [4.78, 5) is 11.6. The zero-order valence-electron chi connectivity index (χ0n) is 11.7. The zero-order valence-corrected chi connectivity index (χ0v) is 11.7. The van der Waals surface area contributed by atoms with Gasteiger partial charge in [0.1, 0.15) is 0 Å². The fraction of sp³-hybridized carbons (Fsp3) is 0.533. The summed E-state index contributed by atoms with van der Waals surface area (Å²) in [5, 5.41) is 3.25. The number of hydrogen-bond donors (Lipinski definition) is 1. The molecule has 0 amide bonds.